The van der Waals surface area contributed by atoms with Crippen LogP contribution in [0, 0.1) is 6.92 Å². The summed E-state index contributed by atoms with van der Waals surface area (Å²) in [7, 11) is 1.79. The highest BCUT2D eigenvalue weighted by Crippen LogP contribution is 2.34. The molecule has 1 aliphatic rings. The molecule has 3 rings (SSSR count). The fraction of sp³-hybridized carbons (Fsp3) is 0.375. The minimum absolute atomic E-state index is 0.0299. The van der Waals surface area contributed by atoms with Crippen LogP contribution in [0.2, 0.25) is 0 Å². The normalized spacial score (nSPS) is 18.3. The molecule has 1 aromatic heterocycles. The third-order valence-electron chi connectivity index (χ3n) is 3.82. The van der Waals surface area contributed by atoms with Gasteiger partial charge < -0.3 is 9.64 Å². The molecule has 0 spiro atoms. The van der Waals surface area contributed by atoms with Crippen LogP contribution in [0.3, 0.4) is 0 Å². The third kappa shape index (κ3) is 2.44. The number of aryl methyl sites for hydroxylation is 1. The maximum Gasteiger partial charge on any atom is 0.257 e. The van der Waals surface area contributed by atoms with Gasteiger partial charge in [-0.25, -0.2) is 0 Å². The van der Waals surface area contributed by atoms with Crippen LogP contribution in [0.25, 0.3) is 10.9 Å². The van der Waals surface area contributed by atoms with Gasteiger partial charge in [-0.05, 0) is 31.0 Å². The quantitative estimate of drug-likeness (QED) is 0.801. The Kier molecular flexibility index (Phi) is 3.72. The highest BCUT2D eigenvalue weighted by atomic mass is 35.5. The zero-order valence-corrected chi connectivity index (χ0v) is 12.9. The number of likely N-dealkylation sites (N-methyl/N-ethyl adjacent to an activating group) is 1. The van der Waals surface area contributed by atoms with Gasteiger partial charge in [-0.3, -0.25) is 9.78 Å². The lowest BCUT2D eigenvalue weighted by Crippen LogP contribution is -2.34. The van der Waals surface area contributed by atoms with Crippen molar-refractivity contribution < 1.29 is 9.53 Å². The molecule has 2 heterocycles. The number of carbonyl (C=O) groups excluding carboxylic acids is 1. The summed E-state index contributed by atoms with van der Waals surface area (Å²) < 4.78 is 6.10. The number of rotatable bonds is 2. The second-order valence-corrected chi connectivity index (χ2v) is 5.75. The molecule has 4 nitrogen and oxygen atoms in total. The Bertz CT molecular complexity index is 702. The Morgan fingerprint density at radius 1 is 1.52 bits per heavy atom. The van der Waals surface area contributed by atoms with E-state index >= 15 is 0 Å². The van der Waals surface area contributed by atoms with Crippen molar-refractivity contribution in [1.29, 1.82) is 0 Å². The molecule has 0 saturated carbocycles. The standard InChI is InChI=1S/C16H17ClN2O2/c1-10-8-13-15(14-12(10)4-3-7-18-14)21-11(5-6-17)9-19(2)16(13)20/h3-4,7-8,11H,5-6,9H2,1-2H3. The molecule has 21 heavy (non-hydrogen) atoms. The van der Waals surface area contributed by atoms with Crippen LogP contribution in [-0.2, 0) is 0 Å². The Morgan fingerprint density at radius 2 is 2.33 bits per heavy atom. The summed E-state index contributed by atoms with van der Waals surface area (Å²) in [4.78, 5) is 18.7. The molecule has 0 radical (unpaired) electrons. The predicted octanol–water partition coefficient (Wildman–Crippen LogP) is 3.01. The average Bonchev–Trinajstić information content (AvgIpc) is 2.59. The molecule has 0 bridgehead atoms. The molecule has 1 unspecified atom stereocenters. The van der Waals surface area contributed by atoms with E-state index in [-0.39, 0.29) is 12.0 Å². The SMILES string of the molecule is Cc1cc2c(c3ncccc13)OC(CCCl)CN(C)C2=O. The number of hydrogen-bond donors (Lipinski definition) is 0. The van der Waals surface area contributed by atoms with Crippen molar-refractivity contribution in [3.8, 4) is 5.75 Å². The monoisotopic (exact) mass is 304 g/mol. The van der Waals surface area contributed by atoms with E-state index < -0.39 is 0 Å². The smallest absolute Gasteiger partial charge is 0.257 e. The molecular weight excluding hydrogens is 288 g/mol. The number of aromatic nitrogens is 1. The number of alkyl halides is 1. The third-order valence-corrected chi connectivity index (χ3v) is 4.04. The fourth-order valence-electron chi connectivity index (χ4n) is 2.74. The summed E-state index contributed by atoms with van der Waals surface area (Å²) in [6.07, 6.45) is 2.31. The molecule has 0 N–H and O–H groups in total. The van der Waals surface area contributed by atoms with Crippen LogP contribution in [0.1, 0.15) is 22.3 Å². The first-order valence-corrected chi connectivity index (χ1v) is 7.51. The second-order valence-electron chi connectivity index (χ2n) is 5.37. The maximum absolute atomic E-state index is 12.6. The summed E-state index contributed by atoms with van der Waals surface area (Å²) >= 11 is 5.84. The van der Waals surface area contributed by atoms with E-state index in [0.717, 1.165) is 16.5 Å². The number of amides is 1. The van der Waals surface area contributed by atoms with Crippen molar-refractivity contribution >= 4 is 28.4 Å². The van der Waals surface area contributed by atoms with Crippen molar-refractivity contribution in [2.75, 3.05) is 19.5 Å². The van der Waals surface area contributed by atoms with Gasteiger partial charge in [0, 0.05) is 24.5 Å². The highest BCUT2D eigenvalue weighted by Gasteiger charge is 2.28. The molecule has 1 aliphatic heterocycles. The van der Waals surface area contributed by atoms with Crippen LogP contribution in [0.4, 0.5) is 0 Å². The molecule has 1 aromatic carbocycles. The van der Waals surface area contributed by atoms with Crippen molar-refractivity contribution in [3.63, 3.8) is 0 Å². The van der Waals surface area contributed by atoms with E-state index in [4.69, 9.17) is 16.3 Å². The van der Waals surface area contributed by atoms with Gasteiger partial charge in [0.1, 0.15) is 11.6 Å². The summed E-state index contributed by atoms with van der Waals surface area (Å²) in [6.45, 7) is 2.52. The van der Waals surface area contributed by atoms with E-state index in [1.54, 1.807) is 18.1 Å². The van der Waals surface area contributed by atoms with E-state index in [1.807, 2.05) is 25.1 Å². The minimum atomic E-state index is -0.106. The van der Waals surface area contributed by atoms with Crippen molar-refractivity contribution in [2.45, 2.75) is 19.4 Å². The first-order chi connectivity index (χ1) is 10.1. The Labute approximate surface area is 128 Å². The van der Waals surface area contributed by atoms with Crippen LogP contribution < -0.4 is 4.74 Å². The van der Waals surface area contributed by atoms with Crippen LogP contribution in [0.15, 0.2) is 24.4 Å². The first-order valence-electron chi connectivity index (χ1n) is 6.98. The number of nitrogens with zero attached hydrogens (tertiary/aromatic N) is 2. The Hall–Kier alpha value is -1.81. The van der Waals surface area contributed by atoms with E-state index in [1.165, 1.54) is 0 Å². The van der Waals surface area contributed by atoms with Gasteiger partial charge in [0.25, 0.3) is 5.91 Å². The first kappa shape index (κ1) is 14.1. The zero-order chi connectivity index (χ0) is 15.0. The summed E-state index contributed by atoms with van der Waals surface area (Å²) in [5.41, 5.74) is 2.35. The lowest BCUT2D eigenvalue weighted by Gasteiger charge is -2.19. The second kappa shape index (κ2) is 5.53. The van der Waals surface area contributed by atoms with Gasteiger partial charge in [-0.1, -0.05) is 6.07 Å². The molecule has 0 fully saturated rings. The highest BCUT2D eigenvalue weighted by molar-refractivity contribution is 6.17. The minimum Gasteiger partial charge on any atom is -0.485 e. The fourth-order valence-corrected chi connectivity index (χ4v) is 2.98. The lowest BCUT2D eigenvalue weighted by atomic mass is 10.0. The van der Waals surface area contributed by atoms with E-state index in [0.29, 0.717) is 30.2 Å². The largest absolute Gasteiger partial charge is 0.485 e. The number of benzene rings is 1. The van der Waals surface area contributed by atoms with Gasteiger partial charge in [0.15, 0.2) is 5.75 Å². The number of halogens is 1. The molecule has 5 heteroatoms. The van der Waals surface area contributed by atoms with E-state index in [9.17, 15) is 4.79 Å². The van der Waals surface area contributed by atoms with Crippen molar-refractivity contribution in [2.24, 2.45) is 0 Å². The summed E-state index contributed by atoms with van der Waals surface area (Å²) in [5, 5.41) is 1.01. The van der Waals surface area contributed by atoms with Crippen LogP contribution in [-0.4, -0.2) is 41.4 Å². The maximum atomic E-state index is 12.6. The number of fused-ring (bicyclic) bond motifs is 3. The number of ether oxygens (including phenoxy) is 1. The number of pyridine rings is 1. The Morgan fingerprint density at radius 3 is 3.10 bits per heavy atom. The molecule has 110 valence electrons. The van der Waals surface area contributed by atoms with Crippen LogP contribution in [0.5, 0.6) is 5.75 Å². The molecule has 0 saturated heterocycles. The number of hydrogen-bond acceptors (Lipinski definition) is 3. The lowest BCUT2D eigenvalue weighted by molar-refractivity contribution is 0.0759. The molecule has 2 aromatic rings. The van der Waals surface area contributed by atoms with Gasteiger partial charge in [0.05, 0.1) is 12.1 Å². The van der Waals surface area contributed by atoms with E-state index in [2.05, 4.69) is 4.98 Å². The molecule has 1 amide bonds. The zero-order valence-electron chi connectivity index (χ0n) is 12.1. The van der Waals surface area contributed by atoms with Crippen molar-refractivity contribution in [1.82, 2.24) is 9.88 Å². The van der Waals surface area contributed by atoms with Crippen molar-refractivity contribution in [3.05, 3.63) is 35.5 Å². The van der Waals surface area contributed by atoms with Gasteiger partial charge in [0.2, 0.25) is 0 Å². The van der Waals surface area contributed by atoms with Gasteiger partial charge >= 0.3 is 0 Å². The van der Waals surface area contributed by atoms with Crippen LogP contribution >= 0.6 is 11.6 Å². The summed E-state index contributed by atoms with van der Waals surface area (Å²) in [5.74, 6) is 1.05. The number of carbonyl (C=O) groups is 1. The van der Waals surface area contributed by atoms with Gasteiger partial charge in [-0.2, -0.15) is 0 Å². The molecular formula is C16H17ClN2O2. The molecule has 1 atom stereocenters. The molecule has 0 aliphatic carbocycles. The van der Waals surface area contributed by atoms with Gasteiger partial charge in [-0.15, -0.1) is 11.6 Å². The topological polar surface area (TPSA) is 42.4 Å². The Balaban J connectivity index is 2.23. The predicted molar refractivity (Wildman–Crippen MR) is 83.2 cm³/mol. The summed E-state index contributed by atoms with van der Waals surface area (Å²) in [6, 6.07) is 5.78. The average molecular weight is 305 g/mol.